The summed E-state index contributed by atoms with van der Waals surface area (Å²) >= 11 is 0. The Morgan fingerprint density at radius 2 is 1.90 bits per heavy atom. The van der Waals surface area contributed by atoms with Crippen molar-refractivity contribution in [1.82, 2.24) is 15.1 Å². The minimum absolute atomic E-state index is 0.118. The highest BCUT2D eigenvalue weighted by atomic mass is 15.3. The Hall–Kier alpha value is -1.61. The Bertz CT molecular complexity index is 618. The quantitative estimate of drug-likeness (QED) is 0.922. The molecule has 0 aliphatic rings. The molecule has 1 N–H and O–H groups in total. The van der Waals surface area contributed by atoms with E-state index in [1.165, 1.54) is 28.1 Å². The molecule has 0 aliphatic heterocycles. The molecule has 0 bridgehead atoms. The number of hydrogen-bond donors (Lipinski definition) is 1. The van der Waals surface area contributed by atoms with Gasteiger partial charge in [-0.15, -0.1) is 0 Å². The molecule has 0 amide bonds. The topological polar surface area (TPSA) is 29.9 Å². The van der Waals surface area contributed by atoms with Crippen LogP contribution in [-0.2, 0) is 13.0 Å². The standard InChI is InChI=1S/C18H27N3/c1-7-16-15(11-19-18(4,5)6)12-20-21(16)17-9-8-13(2)10-14(17)3/h8-10,12,19H,7,11H2,1-6H3. The van der Waals surface area contributed by atoms with E-state index in [4.69, 9.17) is 0 Å². The second-order valence-electron chi connectivity index (χ2n) is 6.78. The van der Waals surface area contributed by atoms with Crippen molar-refractivity contribution < 1.29 is 0 Å². The fourth-order valence-electron chi connectivity index (χ4n) is 2.54. The van der Waals surface area contributed by atoms with Gasteiger partial charge in [0, 0.05) is 23.3 Å². The van der Waals surface area contributed by atoms with Crippen LogP contribution in [0, 0.1) is 13.8 Å². The van der Waals surface area contributed by atoms with Crippen molar-refractivity contribution in [3.8, 4) is 5.69 Å². The molecule has 1 heterocycles. The van der Waals surface area contributed by atoms with Crippen LogP contribution in [0.1, 0.15) is 50.1 Å². The molecule has 2 rings (SSSR count). The minimum atomic E-state index is 0.118. The van der Waals surface area contributed by atoms with Gasteiger partial charge in [0.15, 0.2) is 0 Å². The summed E-state index contributed by atoms with van der Waals surface area (Å²) in [7, 11) is 0. The summed E-state index contributed by atoms with van der Waals surface area (Å²) in [6, 6.07) is 6.53. The van der Waals surface area contributed by atoms with Crippen molar-refractivity contribution in [3.63, 3.8) is 0 Å². The van der Waals surface area contributed by atoms with Crippen LogP contribution in [0.5, 0.6) is 0 Å². The van der Waals surface area contributed by atoms with Gasteiger partial charge in [-0.3, -0.25) is 0 Å². The average molecular weight is 285 g/mol. The average Bonchev–Trinajstić information content (AvgIpc) is 2.78. The first-order valence-corrected chi connectivity index (χ1v) is 7.70. The molecular weight excluding hydrogens is 258 g/mol. The van der Waals surface area contributed by atoms with E-state index in [2.05, 4.69) is 74.8 Å². The van der Waals surface area contributed by atoms with Crippen LogP contribution in [0.25, 0.3) is 5.69 Å². The summed E-state index contributed by atoms with van der Waals surface area (Å²) in [5.41, 5.74) is 6.43. The van der Waals surface area contributed by atoms with Crippen molar-refractivity contribution in [3.05, 3.63) is 46.8 Å². The number of rotatable bonds is 4. The number of hydrogen-bond acceptors (Lipinski definition) is 2. The van der Waals surface area contributed by atoms with E-state index in [1.807, 2.05) is 6.20 Å². The molecule has 0 radical (unpaired) electrons. The van der Waals surface area contributed by atoms with Crippen molar-refractivity contribution in [2.24, 2.45) is 0 Å². The number of aromatic nitrogens is 2. The summed E-state index contributed by atoms with van der Waals surface area (Å²) in [5, 5.41) is 8.17. The molecule has 0 saturated carbocycles. The van der Waals surface area contributed by atoms with Crippen LogP contribution < -0.4 is 5.32 Å². The zero-order chi connectivity index (χ0) is 15.6. The zero-order valence-electron chi connectivity index (χ0n) is 14.1. The number of aryl methyl sites for hydroxylation is 2. The highest BCUT2D eigenvalue weighted by Crippen LogP contribution is 2.20. The van der Waals surface area contributed by atoms with E-state index in [9.17, 15) is 0 Å². The molecule has 0 fully saturated rings. The van der Waals surface area contributed by atoms with Gasteiger partial charge in [-0.25, -0.2) is 4.68 Å². The highest BCUT2D eigenvalue weighted by Gasteiger charge is 2.15. The summed E-state index contributed by atoms with van der Waals surface area (Å²) < 4.78 is 2.09. The summed E-state index contributed by atoms with van der Waals surface area (Å²) in [4.78, 5) is 0. The normalized spacial score (nSPS) is 11.9. The Morgan fingerprint density at radius 1 is 1.19 bits per heavy atom. The van der Waals surface area contributed by atoms with Crippen LogP contribution in [-0.4, -0.2) is 15.3 Å². The fourth-order valence-corrected chi connectivity index (χ4v) is 2.54. The van der Waals surface area contributed by atoms with Gasteiger partial charge in [0.05, 0.1) is 11.9 Å². The zero-order valence-corrected chi connectivity index (χ0v) is 14.1. The second kappa shape index (κ2) is 6.02. The van der Waals surface area contributed by atoms with Crippen molar-refractivity contribution in [1.29, 1.82) is 0 Å². The minimum Gasteiger partial charge on any atom is -0.308 e. The van der Waals surface area contributed by atoms with Crippen molar-refractivity contribution in [2.75, 3.05) is 0 Å². The Balaban J connectivity index is 2.35. The first kappa shape index (κ1) is 15.8. The lowest BCUT2D eigenvalue weighted by molar-refractivity contribution is 0.423. The van der Waals surface area contributed by atoms with Gasteiger partial charge in [0.2, 0.25) is 0 Å². The van der Waals surface area contributed by atoms with Gasteiger partial charge < -0.3 is 5.32 Å². The predicted molar refractivity (Wildman–Crippen MR) is 89.0 cm³/mol. The molecule has 0 unspecified atom stereocenters. The first-order valence-electron chi connectivity index (χ1n) is 7.70. The molecule has 1 aromatic heterocycles. The van der Waals surface area contributed by atoms with Gasteiger partial charge in [0.1, 0.15) is 0 Å². The van der Waals surface area contributed by atoms with Crippen LogP contribution in [0.2, 0.25) is 0 Å². The fraction of sp³-hybridized carbons (Fsp3) is 0.500. The van der Waals surface area contributed by atoms with E-state index in [-0.39, 0.29) is 5.54 Å². The third kappa shape index (κ3) is 3.73. The second-order valence-corrected chi connectivity index (χ2v) is 6.78. The number of nitrogens with one attached hydrogen (secondary N) is 1. The van der Waals surface area contributed by atoms with Gasteiger partial charge in [-0.1, -0.05) is 24.6 Å². The third-order valence-electron chi connectivity index (χ3n) is 3.68. The van der Waals surface area contributed by atoms with E-state index in [0.717, 1.165) is 13.0 Å². The van der Waals surface area contributed by atoms with E-state index in [0.29, 0.717) is 0 Å². The third-order valence-corrected chi connectivity index (χ3v) is 3.68. The molecule has 114 valence electrons. The maximum atomic E-state index is 4.63. The van der Waals surface area contributed by atoms with E-state index >= 15 is 0 Å². The summed E-state index contributed by atoms with van der Waals surface area (Å²) in [6.45, 7) is 13.9. The monoisotopic (exact) mass is 285 g/mol. The highest BCUT2D eigenvalue weighted by molar-refractivity contribution is 5.44. The SMILES string of the molecule is CCc1c(CNC(C)(C)C)cnn1-c1ccc(C)cc1C. The number of benzene rings is 1. The number of nitrogens with zero attached hydrogens (tertiary/aromatic N) is 2. The Kier molecular flexibility index (Phi) is 4.52. The summed E-state index contributed by atoms with van der Waals surface area (Å²) in [5.74, 6) is 0. The lowest BCUT2D eigenvalue weighted by Crippen LogP contribution is -2.35. The van der Waals surface area contributed by atoms with E-state index < -0.39 is 0 Å². The predicted octanol–water partition coefficient (Wildman–Crippen LogP) is 3.94. The van der Waals surface area contributed by atoms with Crippen LogP contribution in [0.3, 0.4) is 0 Å². The maximum absolute atomic E-state index is 4.63. The molecule has 2 aromatic rings. The Morgan fingerprint density at radius 3 is 2.48 bits per heavy atom. The molecule has 0 atom stereocenters. The molecule has 21 heavy (non-hydrogen) atoms. The lowest BCUT2D eigenvalue weighted by Gasteiger charge is -2.20. The van der Waals surface area contributed by atoms with Crippen LogP contribution in [0.15, 0.2) is 24.4 Å². The molecular formula is C18H27N3. The lowest BCUT2D eigenvalue weighted by atomic mass is 10.1. The van der Waals surface area contributed by atoms with Gasteiger partial charge in [-0.05, 0) is 52.7 Å². The van der Waals surface area contributed by atoms with Crippen LogP contribution in [0.4, 0.5) is 0 Å². The van der Waals surface area contributed by atoms with Gasteiger partial charge in [-0.2, -0.15) is 5.10 Å². The smallest absolute Gasteiger partial charge is 0.0678 e. The Labute approximate surface area is 128 Å². The van der Waals surface area contributed by atoms with Crippen LogP contribution >= 0.6 is 0 Å². The molecule has 0 spiro atoms. The summed E-state index contributed by atoms with van der Waals surface area (Å²) in [6.07, 6.45) is 2.98. The van der Waals surface area contributed by atoms with Crippen molar-refractivity contribution in [2.45, 2.75) is 60.0 Å². The largest absolute Gasteiger partial charge is 0.308 e. The van der Waals surface area contributed by atoms with Gasteiger partial charge in [0.25, 0.3) is 0 Å². The van der Waals surface area contributed by atoms with Crippen molar-refractivity contribution >= 4 is 0 Å². The van der Waals surface area contributed by atoms with Gasteiger partial charge >= 0.3 is 0 Å². The molecule has 3 heteroatoms. The molecule has 0 aliphatic carbocycles. The first-order chi connectivity index (χ1) is 9.81. The molecule has 3 nitrogen and oxygen atoms in total. The van der Waals surface area contributed by atoms with E-state index in [1.54, 1.807) is 0 Å². The molecule has 1 aromatic carbocycles. The molecule has 0 saturated heterocycles. The maximum Gasteiger partial charge on any atom is 0.0678 e.